The van der Waals surface area contributed by atoms with Crippen LogP contribution in [0.3, 0.4) is 0 Å². The van der Waals surface area contributed by atoms with Gasteiger partial charge in [0.25, 0.3) is 0 Å². The monoisotopic (exact) mass is 691 g/mol. The minimum absolute atomic E-state index is 0.852. The Bertz CT molecular complexity index is 2100. The van der Waals surface area contributed by atoms with E-state index in [4.69, 9.17) is 0 Å². The average molecular weight is 692 g/mol. The number of benzene rings is 8. The fourth-order valence-corrected chi connectivity index (χ4v) is 30.1. The van der Waals surface area contributed by atoms with Gasteiger partial charge in [0, 0.05) is 0 Å². The third-order valence-corrected chi connectivity index (χ3v) is 28.8. The number of hydrogen-bond acceptors (Lipinski definition) is 0. The Morgan fingerprint density at radius 1 is 0.275 bits per heavy atom. The summed E-state index contributed by atoms with van der Waals surface area (Å²) in [6.07, 6.45) is -2.92. The van der Waals surface area contributed by atoms with Gasteiger partial charge in [0.1, 0.15) is 0 Å². The summed E-state index contributed by atoms with van der Waals surface area (Å²) in [5.41, 5.74) is 3.79. The standard InChI is InChI=1S/C49H41P2/c1-8-22-42(23-9-1)43-38-36-41(37-39-43)40-51(47-30-16-5-17-31-47,48-32-18-6-19-33-48,49-34-20-7-21-35-49)50(44-24-10-2-11-25-44,45-26-12-3-13-27-45)46-28-14-4-15-29-46/h1-39H,40H2/q+1. The predicted molar refractivity (Wildman–Crippen MR) is 226 cm³/mol. The zero-order valence-electron chi connectivity index (χ0n) is 28.6. The van der Waals surface area contributed by atoms with Gasteiger partial charge in [0.2, 0.25) is 0 Å². The molecule has 0 aromatic heterocycles. The van der Waals surface area contributed by atoms with Gasteiger partial charge in [-0.3, -0.25) is 0 Å². The quantitative estimate of drug-likeness (QED) is 0.125. The van der Waals surface area contributed by atoms with Crippen LogP contribution in [-0.4, -0.2) is 0 Å². The minimum atomic E-state index is -3.77. The normalized spacial score (nSPS) is 12.4. The van der Waals surface area contributed by atoms with E-state index in [1.165, 1.54) is 48.5 Å². The van der Waals surface area contributed by atoms with Crippen LogP contribution in [0.4, 0.5) is 0 Å². The van der Waals surface area contributed by atoms with Gasteiger partial charge < -0.3 is 0 Å². The van der Waals surface area contributed by atoms with Gasteiger partial charge in [-0.15, -0.1) is 0 Å². The van der Waals surface area contributed by atoms with Crippen LogP contribution in [-0.2, 0) is 6.16 Å². The fourth-order valence-electron chi connectivity index (χ4n) is 8.53. The van der Waals surface area contributed by atoms with E-state index in [1.807, 2.05) is 0 Å². The van der Waals surface area contributed by atoms with Crippen LogP contribution in [0, 0.1) is 0 Å². The first-order valence-corrected chi connectivity index (χ1v) is 22.6. The molecule has 0 heterocycles. The Kier molecular flexibility index (Phi) is 9.06. The molecule has 0 amide bonds. The Morgan fingerprint density at radius 2 is 0.549 bits per heavy atom. The van der Waals surface area contributed by atoms with Crippen LogP contribution >= 0.6 is 13.2 Å². The van der Waals surface area contributed by atoms with Gasteiger partial charge in [-0.25, -0.2) is 0 Å². The second-order valence-electron chi connectivity index (χ2n) is 13.1. The predicted octanol–water partition coefficient (Wildman–Crippen LogP) is 10.3. The van der Waals surface area contributed by atoms with Crippen LogP contribution < -0.4 is 31.8 Å². The van der Waals surface area contributed by atoms with Crippen molar-refractivity contribution in [1.82, 2.24) is 0 Å². The topological polar surface area (TPSA) is 0 Å². The van der Waals surface area contributed by atoms with Gasteiger partial charge in [-0.1, -0.05) is 0 Å². The maximum absolute atomic E-state index is 3.77. The molecule has 0 fully saturated rings. The summed E-state index contributed by atoms with van der Waals surface area (Å²) in [6.45, 7) is -2.70. The summed E-state index contributed by atoms with van der Waals surface area (Å²) in [5.74, 6) is 0. The summed E-state index contributed by atoms with van der Waals surface area (Å²) in [6, 6.07) is 89.4. The molecule has 8 rings (SSSR count). The summed E-state index contributed by atoms with van der Waals surface area (Å²) in [7, 11) is 0. The Balaban J connectivity index is 1.64. The van der Waals surface area contributed by atoms with E-state index >= 15 is 0 Å². The van der Waals surface area contributed by atoms with E-state index in [-0.39, 0.29) is 0 Å². The molecule has 0 N–H and O–H groups in total. The van der Waals surface area contributed by atoms with Gasteiger partial charge in [0.05, 0.1) is 0 Å². The molecule has 0 atom stereocenters. The summed E-state index contributed by atoms with van der Waals surface area (Å²) in [4.78, 5) is 0. The van der Waals surface area contributed by atoms with E-state index in [1.54, 1.807) is 0 Å². The van der Waals surface area contributed by atoms with E-state index in [0.717, 1.165) is 6.16 Å². The number of hydrogen-bond donors (Lipinski definition) is 0. The third kappa shape index (κ3) is 5.22. The molecule has 51 heavy (non-hydrogen) atoms. The Morgan fingerprint density at radius 3 is 0.882 bits per heavy atom. The van der Waals surface area contributed by atoms with Gasteiger partial charge in [-0.2, -0.15) is 0 Å². The van der Waals surface area contributed by atoms with Crippen molar-refractivity contribution in [2.45, 2.75) is 6.16 Å². The molecule has 0 radical (unpaired) electrons. The second kappa shape index (κ2) is 14.1. The van der Waals surface area contributed by atoms with Crippen molar-refractivity contribution in [2.75, 3.05) is 0 Å². The van der Waals surface area contributed by atoms with Gasteiger partial charge in [-0.05, 0) is 0 Å². The molecule has 8 aromatic carbocycles. The molecular formula is C49H41P2+. The summed E-state index contributed by atoms with van der Waals surface area (Å²) < 4.78 is 0. The Hall–Kier alpha value is -5.38. The molecular weight excluding hydrogens is 650 g/mol. The summed E-state index contributed by atoms with van der Waals surface area (Å²) >= 11 is 0. The van der Waals surface area contributed by atoms with Crippen molar-refractivity contribution >= 4 is 45.1 Å². The van der Waals surface area contributed by atoms with Crippen molar-refractivity contribution in [3.8, 4) is 11.1 Å². The Labute approximate surface area is 303 Å². The zero-order valence-corrected chi connectivity index (χ0v) is 30.4. The molecule has 0 bridgehead atoms. The first kappa shape index (κ1) is 32.8. The van der Waals surface area contributed by atoms with Crippen molar-refractivity contribution < 1.29 is 0 Å². The molecule has 0 nitrogen and oxygen atoms in total. The van der Waals surface area contributed by atoms with Crippen LogP contribution in [0.5, 0.6) is 0 Å². The molecule has 0 aliphatic carbocycles. The zero-order chi connectivity index (χ0) is 34.4. The average Bonchev–Trinajstić information content (AvgIpc) is 3.23. The second-order valence-corrected chi connectivity index (χ2v) is 24.8. The van der Waals surface area contributed by atoms with E-state index in [2.05, 4.69) is 237 Å². The molecule has 0 aliphatic rings. The summed E-state index contributed by atoms with van der Waals surface area (Å²) in [5, 5.41) is 8.36. The molecule has 0 unspecified atom stereocenters. The molecule has 0 saturated carbocycles. The van der Waals surface area contributed by atoms with Crippen LogP contribution in [0.1, 0.15) is 5.56 Å². The number of rotatable bonds is 10. The van der Waals surface area contributed by atoms with Crippen molar-refractivity contribution in [3.63, 3.8) is 0 Å². The van der Waals surface area contributed by atoms with Gasteiger partial charge in [0.15, 0.2) is 0 Å². The maximum atomic E-state index is 2.44. The molecule has 2 heteroatoms. The third-order valence-electron chi connectivity index (χ3n) is 10.5. The van der Waals surface area contributed by atoms with E-state index in [0.29, 0.717) is 0 Å². The van der Waals surface area contributed by atoms with Crippen LogP contribution in [0.2, 0.25) is 0 Å². The molecule has 0 saturated heterocycles. The van der Waals surface area contributed by atoms with E-state index < -0.39 is 13.2 Å². The molecule has 246 valence electrons. The van der Waals surface area contributed by atoms with Crippen molar-refractivity contribution in [3.05, 3.63) is 242 Å². The van der Waals surface area contributed by atoms with Gasteiger partial charge >= 0.3 is 305 Å². The van der Waals surface area contributed by atoms with Crippen LogP contribution in [0.25, 0.3) is 11.1 Å². The van der Waals surface area contributed by atoms with E-state index in [9.17, 15) is 0 Å². The van der Waals surface area contributed by atoms with Crippen LogP contribution in [0.15, 0.2) is 237 Å². The van der Waals surface area contributed by atoms with Crippen molar-refractivity contribution in [1.29, 1.82) is 0 Å². The first-order valence-electron chi connectivity index (χ1n) is 17.7. The molecule has 8 aromatic rings. The SMILES string of the molecule is c1ccc(-c2ccc(CP(c3ccccc3)(c3ccccc3)(c3ccccc3)[P+](c3ccccc3)(c3ccccc3)c3ccccc3)cc2)cc1. The first-order chi connectivity index (χ1) is 25.3. The fraction of sp³-hybridized carbons (Fsp3) is 0.0204. The molecule has 0 aliphatic heterocycles. The molecule has 0 spiro atoms. The van der Waals surface area contributed by atoms with Crippen molar-refractivity contribution in [2.24, 2.45) is 0 Å².